The largest absolute Gasteiger partial charge is 0.462 e. The molecule has 0 radical (unpaired) electrons. The third-order valence-corrected chi connectivity index (χ3v) is 1.11. The first-order chi connectivity index (χ1) is 5.81. The van der Waals surface area contributed by atoms with Gasteiger partial charge in [-0.1, -0.05) is 0 Å². The van der Waals surface area contributed by atoms with Crippen LogP contribution < -0.4 is 5.32 Å². The van der Waals surface area contributed by atoms with Crippen molar-refractivity contribution >= 4 is 5.97 Å². The van der Waals surface area contributed by atoms with E-state index in [9.17, 15) is 4.79 Å². The molecule has 5 nitrogen and oxygen atoms in total. The summed E-state index contributed by atoms with van der Waals surface area (Å²) in [5.41, 5.74) is 0. The Balaban J connectivity index is 3.10. The van der Waals surface area contributed by atoms with Crippen molar-refractivity contribution in [1.29, 1.82) is 0 Å². The highest BCUT2D eigenvalue weighted by atomic mass is 16.6. The maximum Gasteiger partial charge on any atom is 0.320 e. The number of hydrogen-bond donors (Lipinski definition) is 2. The zero-order valence-corrected chi connectivity index (χ0v) is 7.21. The molecule has 0 atom stereocenters. The van der Waals surface area contributed by atoms with Crippen LogP contribution in [0.15, 0.2) is 0 Å². The molecule has 5 heteroatoms. The number of hydrogen-bond acceptors (Lipinski definition) is 5. The number of carbonyl (C=O) groups excluding carboxylic acids is 1. The van der Waals surface area contributed by atoms with E-state index in [-0.39, 0.29) is 25.7 Å². The van der Waals surface area contributed by atoms with Gasteiger partial charge in [-0.25, -0.2) is 0 Å². The van der Waals surface area contributed by atoms with Gasteiger partial charge in [0.2, 0.25) is 0 Å². The van der Waals surface area contributed by atoms with Crippen molar-refractivity contribution in [2.24, 2.45) is 0 Å². The molecule has 0 rings (SSSR count). The highest BCUT2D eigenvalue weighted by Gasteiger charge is 1.99. The van der Waals surface area contributed by atoms with E-state index in [1.54, 1.807) is 0 Å². The standard InChI is InChI=1S/C7H15NO4/c1-11-4-5-12-7(10)6-8-2-3-9/h8-9H,2-6H2,1H3. The maximum absolute atomic E-state index is 10.8. The summed E-state index contributed by atoms with van der Waals surface area (Å²) in [4.78, 5) is 10.8. The molecule has 0 amide bonds. The highest BCUT2D eigenvalue weighted by molar-refractivity contribution is 5.71. The topological polar surface area (TPSA) is 67.8 Å². The summed E-state index contributed by atoms with van der Waals surface area (Å²) in [6.45, 7) is 1.23. The van der Waals surface area contributed by atoms with Crippen LogP contribution in [-0.2, 0) is 14.3 Å². The van der Waals surface area contributed by atoms with Crippen molar-refractivity contribution in [1.82, 2.24) is 5.32 Å². The van der Waals surface area contributed by atoms with E-state index in [4.69, 9.17) is 9.84 Å². The van der Waals surface area contributed by atoms with Crippen LogP contribution in [0.2, 0.25) is 0 Å². The van der Waals surface area contributed by atoms with Crippen molar-refractivity contribution in [2.75, 3.05) is 40.0 Å². The number of ether oxygens (including phenoxy) is 2. The Kier molecular flexibility index (Phi) is 7.99. The molecule has 0 saturated carbocycles. The lowest BCUT2D eigenvalue weighted by atomic mass is 10.6. The molecule has 0 spiro atoms. The lowest BCUT2D eigenvalue weighted by molar-refractivity contribution is -0.143. The zero-order chi connectivity index (χ0) is 9.23. The molecule has 0 aromatic heterocycles. The van der Waals surface area contributed by atoms with Crippen molar-refractivity contribution < 1.29 is 19.4 Å². The van der Waals surface area contributed by atoms with Crippen LogP contribution in [-0.4, -0.2) is 51.1 Å². The zero-order valence-electron chi connectivity index (χ0n) is 7.21. The lowest BCUT2D eigenvalue weighted by Gasteiger charge is -2.03. The summed E-state index contributed by atoms with van der Waals surface area (Å²) in [5.74, 6) is -0.333. The molecular weight excluding hydrogens is 162 g/mol. The van der Waals surface area contributed by atoms with Crippen LogP contribution in [0, 0.1) is 0 Å². The Morgan fingerprint density at radius 2 is 2.25 bits per heavy atom. The second-order valence-electron chi connectivity index (χ2n) is 2.11. The van der Waals surface area contributed by atoms with Crippen molar-refractivity contribution in [2.45, 2.75) is 0 Å². The highest BCUT2D eigenvalue weighted by Crippen LogP contribution is 1.77. The molecule has 0 aromatic carbocycles. The van der Waals surface area contributed by atoms with Crippen LogP contribution >= 0.6 is 0 Å². The monoisotopic (exact) mass is 177 g/mol. The molecular formula is C7H15NO4. The molecule has 2 N–H and O–H groups in total. The quantitative estimate of drug-likeness (QED) is 0.376. The van der Waals surface area contributed by atoms with Gasteiger partial charge in [0, 0.05) is 13.7 Å². The number of rotatable bonds is 7. The van der Waals surface area contributed by atoms with Crippen LogP contribution in [0.1, 0.15) is 0 Å². The molecule has 12 heavy (non-hydrogen) atoms. The Morgan fingerprint density at radius 1 is 1.50 bits per heavy atom. The van der Waals surface area contributed by atoms with Crippen LogP contribution in [0.25, 0.3) is 0 Å². The van der Waals surface area contributed by atoms with Gasteiger partial charge in [-0.15, -0.1) is 0 Å². The molecule has 0 aliphatic heterocycles. The number of nitrogens with one attached hydrogen (secondary N) is 1. The molecule has 0 saturated heterocycles. The van der Waals surface area contributed by atoms with Gasteiger partial charge in [0.05, 0.1) is 19.8 Å². The van der Waals surface area contributed by atoms with Gasteiger partial charge in [-0.3, -0.25) is 4.79 Å². The van der Waals surface area contributed by atoms with E-state index in [1.807, 2.05) is 0 Å². The van der Waals surface area contributed by atoms with Gasteiger partial charge >= 0.3 is 5.97 Å². The predicted octanol–water partition coefficient (Wildman–Crippen LogP) is -1.24. The van der Waals surface area contributed by atoms with Crippen molar-refractivity contribution in [3.8, 4) is 0 Å². The SMILES string of the molecule is COCCOC(=O)CNCCO. The van der Waals surface area contributed by atoms with E-state index >= 15 is 0 Å². The Bertz CT molecular complexity index is 106. The minimum Gasteiger partial charge on any atom is -0.462 e. The number of methoxy groups -OCH3 is 1. The third-order valence-electron chi connectivity index (χ3n) is 1.11. The van der Waals surface area contributed by atoms with Crippen LogP contribution in [0.3, 0.4) is 0 Å². The molecule has 0 heterocycles. The average molecular weight is 177 g/mol. The van der Waals surface area contributed by atoms with Crippen LogP contribution in [0.5, 0.6) is 0 Å². The fourth-order valence-corrected chi connectivity index (χ4v) is 0.559. The maximum atomic E-state index is 10.8. The van der Waals surface area contributed by atoms with Gasteiger partial charge in [0.1, 0.15) is 6.61 Å². The third kappa shape index (κ3) is 7.46. The molecule has 0 fully saturated rings. The van der Waals surface area contributed by atoms with Crippen LogP contribution in [0.4, 0.5) is 0 Å². The smallest absolute Gasteiger partial charge is 0.320 e. The number of aliphatic hydroxyl groups excluding tert-OH is 1. The first kappa shape index (κ1) is 11.4. The molecule has 0 unspecified atom stereocenters. The van der Waals surface area contributed by atoms with E-state index in [1.165, 1.54) is 7.11 Å². The van der Waals surface area contributed by atoms with E-state index in [0.29, 0.717) is 13.2 Å². The number of aliphatic hydroxyl groups is 1. The van der Waals surface area contributed by atoms with E-state index < -0.39 is 0 Å². The minimum absolute atomic E-state index is 0.0192. The summed E-state index contributed by atoms with van der Waals surface area (Å²) in [5, 5.41) is 11.1. The van der Waals surface area contributed by atoms with Gasteiger partial charge < -0.3 is 19.9 Å². The second kappa shape index (κ2) is 8.45. The minimum atomic E-state index is -0.333. The van der Waals surface area contributed by atoms with Gasteiger partial charge in [-0.2, -0.15) is 0 Å². The van der Waals surface area contributed by atoms with Crippen molar-refractivity contribution in [3.05, 3.63) is 0 Å². The summed E-state index contributed by atoms with van der Waals surface area (Å²) >= 11 is 0. The summed E-state index contributed by atoms with van der Waals surface area (Å²) in [6, 6.07) is 0. The van der Waals surface area contributed by atoms with E-state index in [2.05, 4.69) is 10.1 Å². The average Bonchev–Trinajstić information content (AvgIpc) is 2.06. The van der Waals surface area contributed by atoms with Gasteiger partial charge in [-0.05, 0) is 0 Å². The van der Waals surface area contributed by atoms with Crippen molar-refractivity contribution in [3.63, 3.8) is 0 Å². The summed E-state index contributed by atoms with van der Waals surface area (Å²) in [6.07, 6.45) is 0. The fourth-order valence-electron chi connectivity index (χ4n) is 0.559. The Hall–Kier alpha value is -0.650. The fraction of sp³-hybridized carbons (Fsp3) is 0.857. The number of carbonyl (C=O) groups is 1. The lowest BCUT2D eigenvalue weighted by Crippen LogP contribution is -2.27. The first-order valence-electron chi connectivity index (χ1n) is 3.77. The molecule has 0 aromatic rings. The molecule has 72 valence electrons. The molecule has 0 bridgehead atoms. The Labute approximate surface area is 71.7 Å². The van der Waals surface area contributed by atoms with E-state index in [0.717, 1.165) is 0 Å². The Morgan fingerprint density at radius 3 is 2.83 bits per heavy atom. The normalized spacial score (nSPS) is 9.83. The number of esters is 1. The van der Waals surface area contributed by atoms with Gasteiger partial charge in [0.25, 0.3) is 0 Å². The van der Waals surface area contributed by atoms with Gasteiger partial charge in [0.15, 0.2) is 0 Å². The molecule has 0 aliphatic carbocycles. The predicted molar refractivity (Wildman–Crippen MR) is 42.8 cm³/mol. The molecule has 0 aliphatic rings. The summed E-state index contributed by atoms with van der Waals surface area (Å²) < 4.78 is 9.40. The second-order valence-corrected chi connectivity index (χ2v) is 2.11. The first-order valence-corrected chi connectivity index (χ1v) is 3.77. The summed E-state index contributed by atoms with van der Waals surface area (Å²) in [7, 11) is 1.54.